The van der Waals surface area contributed by atoms with Crippen LogP contribution in [0.1, 0.15) is 44.6 Å². The van der Waals surface area contributed by atoms with Gasteiger partial charge in [0.2, 0.25) is 5.91 Å². The van der Waals surface area contributed by atoms with Gasteiger partial charge in [0.15, 0.2) is 0 Å². The van der Waals surface area contributed by atoms with Crippen LogP contribution >= 0.6 is 11.3 Å². The molecule has 2 aromatic heterocycles. The van der Waals surface area contributed by atoms with Gasteiger partial charge in [-0.25, -0.2) is 0 Å². The average molecular weight is 368 g/mol. The van der Waals surface area contributed by atoms with Crippen LogP contribution in [0.5, 0.6) is 0 Å². The van der Waals surface area contributed by atoms with Gasteiger partial charge < -0.3 is 15.1 Å². The Morgan fingerprint density at radius 2 is 2.15 bits per heavy atom. The summed E-state index contributed by atoms with van der Waals surface area (Å²) in [6, 6.07) is 9.71. The van der Waals surface area contributed by atoms with E-state index in [1.54, 1.807) is 12.3 Å². The zero-order chi connectivity index (χ0) is 18.3. The molecule has 4 rings (SSSR count). The largest absolute Gasteiger partial charge is 0.464 e. The van der Waals surface area contributed by atoms with Gasteiger partial charge in [0.1, 0.15) is 5.58 Å². The van der Waals surface area contributed by atoms with E-state index in [0.717, 1.165) is 46.4 Å². The molecule has 0 unspecified atom stereocenters. The number of rotatable bonds is 4. The Kier molecular flexibility index (Phi) is 4.28. The number of aryl methyl sites for hydroxylation is 1. The maximum absolute atomic E-state index is 12.9. The fourth-order valence-electron chi connectivity index (χ4n) is 3.62. The van der Waals surface area contributed by atoms with E-state index in [9.17, 15) is 9.59 Å². The predicted molar refractivity (Wildman–Crippen MR) is 101 cm³/mol. The van der Waals surface area contributed by atoms with E-state index in [1.807, 2.05) is 36.1 Å². The Bertz CT molecular complexity index is 988. The van der Waals surface area contributed by atoms with E-state index in [1.165, 1.54) is 11.3 Å². The van der Waals surface area contributed by atoms with Gasteiger partial charge in [0.05, 0.1) is 23.6 Å². The number of hydrogen-bond acceptors (Lipinski definition) is 4. The van der Waals surface area contributed by atoms with Crippen molar-refractivity contribution in [2.24, 2.45) is 5.73 Å². The average Bonchev–Trinajstić information content (AvgIpc) is 3.33. The first-order valence-electron chi connectivity index (χ1n) is 8.68. The van der Waals surface area contributed by atoms with Crippen LogP contribution in [0.25, 0.3) is 11.0 Å². The van der Waals surface area contributed by atoms with E-state index in [-0.39, 0.29) is 11.9 Å². The van der Waals surface area contributed by atoms with Gasteiger partial charge in [-0.2, -0.15) is 0 Å². The number of carbonyl (C=O) groups excluding carboxylic acids is 2. The number of thiophene rings is 1. The van der Waals surface area contributed by atoms with E-state index in [0.29, 0.717) is 11.3 Å². The second kappa shape index (κ2) is 6.61. The molecular weight excluding hydrogens is 348 g/mol. The van der Waals surface area contributed by atoms with Crippen molar-refractivity contribution in [3.05, 3.63) is 57.5 Å². The molecule has 6 heteroatoms. The smallest absolute Gasteiger partial charge is 0.258 e. The van der Waals surface area contributed by atoms with Crippen LogP contribution in [0.3, 0.4) is 0 Å². The number of carbonyl (C=O) groups is 2. The van der Waals surface area contributed by atoms with E-state index in [2.05, 4.69) is 0 Å². The molecule has 1 fully saturated rings. The third-order valence-electron chi connectivity index (χ3n) is 4.92. The zero-order valence-electron chi connectivity index (χ0n) is 14.5. The number of nitrogens with two attached hydrogens (primary N) is 1. The summed E-state index contributed by atoms with van der Waals surface area (Å²) >= 11 is 1.38. The van der Waals surface area contributed by atoms with E-state index < -0.39 is 5.91 Å². The third kappa shape index (κ3) is 3.01. The molecule has 1 aliphatic rings. The minimum atomic E-state index is -0.419. The molecule has 1 aliphatic heterocycles. The van der Waals surface area contributed by atoms with Crippen molar-refractivity contribution < 1.29 is 14.0 Å². The molecule has 0 spiro atoms. The number of likely N-dealkylation sites (tertiary alicyclic amines) is 1. The molecule has 1 atom stereocenters. The van der Waals surface area contributed by atoms with Crippen molar-refractivity contribution in [2.75, 3.05) is 6.54 Å². The topological polar surface area (TPSA) is 76.5 Å². The predicted octanol–water partition coefficient (Wildman–Crippen LogP) is 3.81. The Balaban J connectivity index is 1.55. The minimum absolute atomic E-state index is 0.0287. The first-order chi connectivity index (χ1) is 12.5. The van der Waals surface area contributed by atoms with Crippen molar-refractivity contribution in [1.29, 1.82) is 0 Å². The Hall–Kier alpha value is -2.60. The lowest BCUT2D eigenvalue weighted by atomic mass is 10.1. The third-order valence-corrected chi connectivity index (χ3v) is 6.13. The summed E-state index contributed by atoms with van der Waals surface area (Å²) in [5.41, 5.74) is 8.22. The lowest BCUT2D eigenvalue weighted by Crippen LogP contribution is -2.31. The highest BCUT2D eigenvalue weighted by Crippen LogP contribution is 2.36. The van der Waals surface area contributed by atoms with Gasteiger partial charge in [-0.15, -0.1) is 11.3 Å². The lowest BCUT2D eigenvalue weighted by molar-refractivity contribution is -0.131. The molecule has 5 nitrogen and oxygen atoms in total. The van der Waals surface area contributed by atoms with Crippen LogP contribution in [0, 0.1) is 6.92 Å². The first-order valence-corrected chi connectivity index (χ1v) is 9.50. The van der Waals surface area contributed by atoms with Gasteiger partial charge in [0, 0.05) is 22.4 Å². The van der Waals surface area contributed by atoms with Crippen LogP contribution in [-0.4, -0.2) is 23.3 Å². The second-order valence-electron chi connectivity index (χ2n) is 6.75. The quantitative estimate of drug-likeness (QED) is 0.761. The van der Waals surface area contributed by atoms with Crippen LogP contribution in [-0.2, 0) is 11.2 Å². The molecule has 2 N–H and O–H groups in total. The van der Waals surface area contributed by atoms with Gasteiger partial charge in [-0.05, 0) is 43.5 Å². The number of primary amides is 1. The van der Waals surface area contributed by atoms with Gasteiger partial charge >= 0.3 is 0 Å². The molecular formula is C20H20N2O3S. The molecule has 1 saturated heterocycles. The first kappa shape index (κ1) is 16.8. The standard InChI is InChI=1S/C20H20N2O3S/c1-12-4-5-14-13(11-25-16(14)9-12)10-19(23)22-8-2-3-15(22)17-6-7-18(26-17)20(21)24/h4-7,9,11,15H,2-3,8,10H2,1H3,(H2,21,24)/t15-/m0/s1. The molecule has 0 aliphatic carbocycles. The van der Waals surface area contributed by atoms with E-state index in [4.69, 9.17) is 10.2 Å². The molecule has 1 aromatic carbocycles. The summed E-state index contributed by atoms with van der Waals surface area (Å²) in [4.78, 5) is 27.8. The fraction of sp³-hybridized carbons (Fsp3) is 0.300. The monoisotopic (exact) mass is 368 g/mol. The molecule has 0 bridgehead atoms. The molecule has 3 aromatic rings. The number of amides is 2. The van der Waals surface area contributed by atoms with Crippen LogP contribution in [0.2, 0.25) is 0 Å². The highest BCUT2D eigenvalue weighted by Gasteiger charge is 2.31. The van der Waals surface area contributed by atoms with Gasteiger partial charge in [-0.1, -0.05) is 12.1 Å². The Morgan fingerprint density at radius 3 is 2.92 bits per heavy atom. The Labute approximate surface area is 155 Å². The van der Waals surface area contributed by atoms with Crippen LogP contribution < -0.4 is 5.73 Å². The maximum Gasteiger partial charge on any atom is 0.258 e. The SMILES string of the molecule is Cc1ccc2c(CC(=O)N3CCC[C@H]3c3ccc(C(N)=O)s3)coc2c1. The number of fused-ring (bicyclic) bond motifs is 1. The van der Waals surface area contributed by atoms with Gasteiger partial charge in [-0.3, -0.25) is 9.59 Å². The molecule has 134 valence electrons. The summed E-state index contributed by atoms with van der Waals surface area (Å²) in [7, 11) is 0. The summed E-state index contributed by atoms with van der Waals surface area (Å²) in [6.45, 7) is 2.76. The van der Waals surface area contributed by atoms with Crippen molar-refractivity contribution >= 4 is 34.1 Å². The normalized spacial score (nSPS) is 17.1. The van der Waals surface area contributed by atoms with Crippen molar-refractivity contribution in [3.63, 3.8) is 0 Å². The minimum Gasteiger partial charge on any atom is -0.464 e. The number of furan rings is 1. The fourth-order valence-corrected chi connectivity index (χ4v) is 4.62. The summed E-state index contributed by atoms with van der Waals surface area (Å²) in [5, 5.41) is 0.992. The second-order valence-corrected chi connectivity index (χ2v) is 7.86. The lowest BCUT2D eigenvalue weighted by Gasteiger charge is -2.23. The summed E-state index contributed by atoms with van der Waals surface area (Å²) in [5.74, 6) is -0.331. The summed E-state index contributed by atoms with van der Waals surface area (Å²) in [6.07, 6.45) is 3.88. The van der Waals surface area contributed by atoms with Crippen LogP contribution in [0.15, 0.2) is 41.0 Å². The van der Waals surface area contributed by atoms with Crippen molar-refractivity contribution in [3.8, 4) is 0 Å². The van der Waals surface area contributed by atoms with Crippen LogP contribution in [0.4, 0.5) is 0 Å². The van der Waals surface area contributed by atoms with Crippen molar-refractivity contribution in [1.82, 2.24) is 4.90 Å². The zero-order valence-corrected chi connectivity index (χ0v) is 15.3. The number of benzene rings is 1. The number of hydrogen-bond donors (Lipinski definition) is 1. The number of nitrogens with zero attached hydrogens (tertiary/aromatic N) is 1. The molecule has 2 amide bonds. The van der Waals surface area contributed by atoms with E-state index >= 15 is 0 Å². The maximum atomic E-state index is 12.9. The van der Waals surface area contributed by atoms with Crippen molar-refractivity contribution in [2.45, 2.75) is 32.2 Å². The molecule has 0 radical (unpaired) electrons. The molecule has 26 heavy (non-hydrogen) atoms. The van der Waals surface area contributed by atoms with Gasteiger partial charge in [0.25, 0.3) is 5.91 Å². The molecule has 0 saturated carbocycles. The highest BCUT2D eigenvalue weighted by molar-refractivity contribution is 7.14. The highest BCUT2D eigenvalue weighted by atomic mass is 32.1. The Morgan fingerprint density at radius 1 is 1.31 bits per heavy atom. The molecule has 3 heterocycles. The summed E-state index contributed by atoms with van der Waals surface area (Å²) < 4.78 is 5.61.